The topological polar surface area (TPSA) is 171 Å². The van der Waals surface area contributed by atoms with Crippen LogP contribution in [0.5, 0.6) is 5.75 Å². The molecule has 52 heavy (non-hydrogen) atoms. The number of primary amides is 1. The van der Waals surface area contributed by atoms with E-state index in [2.05, 4.69) is 15.1 Å². The number of nitrogens with zero attached hydrogens (tertiary/aromatic N) is 7. The molecule has 2 aliphatic heterocycles. The van der Waals surface area contributed by atoms with Gasteiger partial charge in [0.05, 0.1) is 34.9 Å². The molecule has 270 valence electrons. The Morgan fingerprint density at radius 1 is 1.19 bits per heavy atom. The Balaban J connectivity index is 1.41. The second kappa shape index (κ2) is 13.4. The van der Waals surface area contributed by atoms with Crippen molar-refractivity contribution in [1.82, 2.24) is 34.0 Å². The van der Waals surface area contributed by atoms with Gasteiger partial charge >= 0.3 is 6.18 Å². The summed E-state index contributed by atoms with van der Waals surface area (Å²) >= 11 is 7.86. The van der Waals surface area contributed by atoms with Crippen molar-refractivity contribution in [3.63, 3.8) is 0 Å². The van der Waals surface area contributed by atoms with E-state index >= 15 is 0 Å². The van der Waals surface area contributed by atoms with Crippen LogP contribution in [-0.4, -0.2) is 70.7 Å². The van der Waals surface area contributed by atoms with E-state index in [1.807, 2.05) is 6.07 Å². The van der Waals surface area contributed by atoms with Crippen LogP contribution in [0.25, 0.3) is 22.1 Å². The molecule has 1 atom stereocenters. The van der Waals surface area contributed by atoms with E-state index in [1.165, 1.54) is 27.1 Å². The quantitative estimate of drug-likeness (QED) is 0.238. The lowest BCUT2D eigenvalue weighted by Gasteiger charge is -2.29. The highest BCUT2D eigenvalue weighted by atomic mass is 35.5. The number of amides is 2. The zero-order chi connectivity index (χ0) is 37.1. The van der Waals surface area contributed by atoms with Crippen molar-refractivity contribution in [2.24, 2.45) is 5.73 Å². The summed E-state index contributed by atoms with van der Waals surface area (Å²) in [7, 11) is 0. The van der Waals surface area contributed by atoms with Gasteiger partial charge in [-0.1, -0.05) is 30.7 Å². The summed E-state index contributed by atoms with van der Waals surface area (Å²) in [5, 5.41) is 14.6. The van der Waals surface area contributed by atoms with Crippen molar-refractivity contribution in [2.45, 2.75) is 51.9 Å². The maximum Gasteiger partial charge on any atom is 0.416 e. The summed E-state index contributed by atoms with van der Waals surface area (Å²) in [4.78, 5) is 56.9. The van der Waals surface area contributed by atoms with Crippen LogP contribution >= 0.6 is 22.9 Å². The van der Waals surface area contributed by atoms with Crippen LogP contribution in [0.4, 0.5) is 13.2 Å². The van der Waals surface area contributed by atoms with Crippen molar-refractivity contribution in [3.8, 4) is 16.5 Å². The third-order valence-electron chi connectivity index (χ3n) is 9.17. The molecule has 4 aromatic heterocycles. The highest BCUT2D eigenvalue weighted by Gasteiger charge is 2.35. The molecule has 0 saturated heterocycles. The number of alkyl halides is 3. The summed E-state index contributed by atoms with van der Waals surface area (Å²) in [5.41, 5.74) is 6.59. The van der Waals surface area contributed by atoms with Gasteiger partial charge < -0.3 is 20.5 Å². The SMILES string of the molecule is CCc1c(C2=CCN(C(=O)c3ncnc(C)c3O)CC2)c(=O)n2nc(-c3cc4c(s3)COCC4)nc2n1C(C(N)=O)c1ccc(C(F)(F)F)cc1Cl. The minimum Gasteiger partial charge on any atom is -0.504 e. The maximum absolute atomic E-state index is 14.5. The molecular weight excluding hydrogens is 725 g/mol. The average molecular weight is 755 g/mol. The van der Waals surface area contributed by atoms with Gasteiger partial charge in [0.1, 0.15) is 12.4 Å². The third-order valence-corrected chi connectivity index (χ3v) is 10.6. The minimum atomic E-state index is -4.70. The monoisotopic (exact) mass is 754 g/mol. The van der Waals surface area contributed by atoms with Crippen LogP contribution in [0.2, 0.25) is 5.02 Å². The fourth-order valence-corrected chi connectivity index (χ4v) is 7.93. The van der Waals surface area contributed by atoms with Gasteiger partial charge in [0.25, 0.3) is 11.5 Å². The molecule has 1 aromatic carbocycles. The van der Waals surface area contributed by atoms with Crippen LogP contribution in [-0.2, 0) is 35.2 Å². The fourth-order valence-electron chi connectivity index (χ4n) is 6.57. The molecule has 7 rings (SSSR count). The van der Waals surface area contributed by atoms with Crippen molar-refractivity contribution >= 4 is 46.1 Å². The second-order valence-corrected chi connectivity index (χ2v) is 13.8. The van der Waals surface area contributed by atoms with Crippen LogP contribution in [0.1, 0.15) is 68.4 Å². The molecule has 13 nitrogen and oxygen atoms in total. The predicted molar refractivity (Wildman–Crippen MR) is 184 cm³/mol. The van der Waals surface area contributed by atoms with Gasteiger partial charge in [-0.05, 0) is 55.5 Å². The number of thiophene rings is 1. The molecule has 6 heterocycles. The van der Waals surface area contributed by atoms with Crippen molar-refractivity contribution in [3.05, 3.63) is 96.3 Å². The Hall–Kier alpha value is -5.13. The standard InChI is InChI=1S/C34H30ClF3N8O5S/c1-3-22-25(17-6-9-44(10-7-17)32(50)26-28(47)16(2)40-15-41-26)31(49)46-33(42-30(43-46)23-12-18-8-11-51-14-24(18)52-23)45(22)27(29(39)48)20-5-4-19(13-21(20)35)34(36,37)38/h4-6,12-13,15,27,47H,3,7-11,14H2,1-2H3,(H2,39,48). The first-order chi connectivity index (χ1) is 24.8. The first-order valence-corrected chi connectivity index (χ1v) is 17.4. The summed E-state index contributed by atoms with van der Waals surface area (Å²) in [5.74, 6) is -1.69. The number of hydrogen-bond donors (Lipinski definition) is 2. The molecule has 0 spiro atoms. The van der Waals surface area contributed by atoms with Gasteiger partial charge in [0.15, 0.2) is 17.3 Å². The van der Waals surface area contributed by atoms with Crippen LogP contribution in [0, 0.1) is 6.92 Å². The predicted octanol–water partition coefficient (Wildman–Crippen LogP) is 4.74. The molecule has 2 amide bonds. The summed E-state index contributed by atoms with van der Waals surface area (Å²) in [6.07, 6.45) is -0.792. The fraction of sp³-hybridized carbons (Fsp3) is 0.324. The molecule has 1 unspecified atom stereocenters. The number of hydrogen-bond acceptors (Lipinski definition) is 10. The first-order valence-electron chi connectivity index (χ1n) is 16.2. The molecule has 0 bridgehead atoms. The number of aromatic hydroxyl groups is 1. The summed E-state index contributed by atoms with van der Waals surface area (Å²) in [6.45, 7) is 4.47. The number of ether oxygens (including phenoxy) is 1. The number of nitrogens with two attached hydrogens (primary N) is 1. The van der Waals surface area contributed by atoms with Crippen LogP contribution < -0.4 is 11.3 Å². The number of rotatable bonds is 7. The van der Waals surface area contributed by atoms with E-state index in [-0.39, 0.29) is 70.8 Å². The molecule has 2 aliphatic rings. The molecule has 5 aromatic rings. The van der Waals surface area contributed by atoms with E-state index in [0.717, 1.165) is 33.2 Å². The van der Waals surface area contributed by atoms with E-state index < -0.39 is 35.2 Å². The molecular formula is C34H30ClF3N8O5S. The normalized spacial score (nSPS) is 15.4. The lowest BCUT2D eigenvalue weighted by atomic mass is 9.96. The van der Waals surface area contributed by atoms with Crippen molar-refractivity contribution < 1.29 is 32.6 Å². The molecule has 0 saturated carbocycles. The Morgan fingerprint density at radius 2 is 1.98 bits per heavy atom. The summed E-state index contributed by atoms with van der Waals surface area (Å²) in [6, 6.07) is 3.05. The molecule has 3 N–H and O–H groups in total. The van der Waals surface area contributed by atoms with Gasteiger partial charge in [-0.2, -0.15) is 22.7 Å². The number of benzene rings is 1. The molecule has 0 radical (unpaired) electrons. The number of carbonyl (C=O) groups is 2. The number of carbonyl (C=O) groups excluding carboxylic acids is 2. The Morgan fingerprint density at radius 3 is 2.63 bits per heavy atom. The van der Waals surface area contributed by atoms with Crippen molar-refractivity contribution in [1.29, 1.82) is 0 Å². The minimum absolute atomic E-state index is 0.0315. The van der Waals surface area contributed by atoms with E-state index in [9.17, 15) is 32.7 Å². The second-order valence-electron chi connectivity index (χ2n) is 12.3. The third kappa shape index (κ3) is 6.11. The van der Waals surface area contributed by atoms with Gasteiger partial charge in [-0.3, -0.25) is 19.0 Å². The summed E-state index contributed by atoms with van der Waals surface area (Å²) < 4.78 is 48.9. The zero-order valence-electron chi connectivity index (χ0n) is 27.7. The number of aromatic nitrogens is 6. The van der Waals surface area contributed by atoms with Gasteiger partial charge in [0, 0.05) is 34.2 Å². The lowest BCUT2D eigenvalue weighted by molar-refractivity contribution is -0.137. The van der Waals surface area contributed by atoms with E-state index in [1.54, 1.807) is 19.9 Å². The van der Waals surface area contributed by atoms with E-state index in [0.29, 0.717) is 35.8 Å². The van der Waals surface area contributed by atoms with Gasteiger partial charge in [-0.25, -0.2) is 9.97 Å². The first kappa shape index (κ1) is 35.3. The van der Waals surface area contributed by atoms with Gasteiger partial charge in [0.2, 0.25) is 11.7 Å². The molecule has 0 aliphatic carbocycles. The van der Waals surface area contributed by atoms with Crippen molar-refractivity contribution in [2.75, 3.05) is 19.7 Å². The Bertz CT molecular complexity index is 2350. The zero-order valence-corrected chi connectivity index (χ0v) is 29.3. The largest absolute Gasteiger partial charge is 0.504 e. The van der Waals surface area contributed by atoms with Gasteiger partial charge in [-0.15, -0.1) is 16.4 Å². The maximum atomic E-state index is 14.5. The molecule has 18 heteroatoms. The Labute approximate surface area is 302 Å². The highest BCUT2D eigenvalue weighted by molar-refractivity contribution is 7.15. The number of halogens is 4. The average Bonchev–Trinajstić information content (AvgIpc) is 3.76. The lowest BCUT2D eigenvalue weighted by Crippen LogP contribution is -2.37. The smallest absolute Gasteiger partial charge is 0.416 e. The van der Waals surface area contributed by atoms with E-state index in [4.69, 9.17) is 27.1 Å². The number of aryl methyl sites for hydroxylation is 1. The molecule has 0 fully saturated rings. The van der Waals surface area contributed by atoms with Crippen LogP contribution in [0.3, 0.4) is 0 Å². The Kier molecular flexibility index (Phi) is 9.12. The number of fused-ring (bicyclic) bond motifs is 2. The highest BCUT2D eigenvalue weighted by Crippen LogP contribution is 2.38. The van der Waals surface area contributed by atoms with Crippen LogP contribution in [0.15, 0.2) is 41.5 Å².